The fourth-order valence-corrected chi connectivity index (χ4v) is 4.55. The summed E-state index contributed by atoms with van der Waals surface area (Å²) < 4.78 is 12.2. The van der Waals surface area contributed by atoms with Gasteiger partial charge in [0, 0.05) is 18.7 Å². The van der Waals surface area contributed by atoms with Crippen molar-refractivity contribution in [3.63, 3.8) is 0 Å². The van der Waals surface area contributed by atoms with Crippen LogP contribution in [0.25, 0.3) is 21.0 Å². The fourth-order valence-electron chi connectivity index (χ4n) is 3.63. The molecule has 0 aliphatic carbocycles. The molecular weight excluding hydrogens is 414 g/mol. The number of aromatic nitrogens is 1. The number of thiazole rings is 1. The van der Waals surface area contributed by atoms with E-state index in [-0.39, 0.29) is 17.6 Å². The van der Waals surface area contributed by atoms with Gasteiger partial charge >= 0.3 is 0 Å². The number of amides is 2. The number of nitrogens with one attached hydrogen (secondary N) is 1. The molecule has 1 aliphatic rings. The number of para-hydroxylation sites is 1. The molecule has 0 atom stereocenters. The van der Waals surface area contributed by atoms with Crippen LogP contribution >= 0.6 is 11.3 Å². The Labute approximate surface area is 182 Å². The predicted octanol–water partition coefficient (Wildman–Crippen LogP) is 4.94. The quantitative estimate of drug-likeness (QED) is 0.482. The first-order chi connectivity index (χ1) is 15.1. The van der Waals surface area contributed by atoms with Gasteiger partial charge in [0.25, 0.3) is 5.91 Å². The molecule has 4 aromatic rings. The fraction of sp³-hybridized carbons (Fsp3) is 0.174. The number of furan rings is 1. The van der Waals surface area contributed by atoms with Crippen LogP contribution < -0.4 is 15.0 Å². The minimum atomic E-state index is -0.378. The molecule has 0 saturated carbocycles. The monoisotopic (exact) mass is 433 g/mol. The summed E-state index contributed by atoms with van der Waals surface area (Å²) in [6.45, 7) is 0.635. The highest BCUT2D eigenvalue weighted by atomic mass is 32.1. The molecule has 31 heavy (non-hydrogen) atoms. The third-order valence-electron chi connectivity index (χ3n) is 5.14. The van der Waals surface area contributed by atoms with Gasteiger partial charge in [0.2, 0.25) is 5.91 Å². The van der Waals surface area contributed by atoms with Gasteiger partial charge < -0.3 is 19.4 Å². The summed E-state index contributed by atoms with van der Waals surface area (Å²) in [6.07, 6.45) is 1.32. The summed E-state index contributed by atoms with van der Waals surface area (Å²) in [4.78, 5) is 31.2. The number of rotatable bonds is 5. The average Bonchev–Trinajstić information content (AvgIpc) is 3.52. The third-order valence-corrected chi connectivity index (χ3v) is 6.19. The smallest absolute Gasteiger partial charge is 0.291 e. The maximum Gasteiger partial charge on any atom is 0.291 e. The molecule has 1 fully saturated rings. The molecule has 156 valence electrons. The number of nitrogens with zero attached hydrogens (tertiary/aromatic N) is 2. The lowest BCUT2D eigenvalue weighted by Gasteiger charge is -2.20. The second-order valence-electron chi connectivity index (χ2n) is 7.14. The Morgan fingerprint density at radius 3 is 2.84 bits per heavy atom. The lowest BCUT2D eigenvalue weighted by atomic mass is 10.2. The zero-order valence-electron chi connectivity index (χ0n) is 16.8. The van der Waals surface area contributed by atoms with Crippen LogP contribution in [0.3, 0.4) is 0 Å². The molecule has 2 aromatic carbocycles. The molecule has 1 saturated heterocycles. The highest BCUT2D eigenvalue weighted by molar-refractivity contribution is 7.21. The summed E-state index contributed by atoms with van der Waals surface area (Å²) in [5.41, 5.74) is 2.10. The number of anilines is 2. The van der Waals surface area contributed by atoms with Crippen LogP contribution in [0.4, 0.5) is 11.4 Å². The van der Waals surface area contributed by atoms with Crippen molar-refractivity contribution in [3.8, 4) is 16.5 Å². The molecule has 8 heteroatoms. The van der Waals surface area contributed by atoms with E-state index in [1.54, 1.807) is 42.3 Å². The molecule has 0 spiro atoms. The third kappa shape index (κ3) is 3.66. The van der Waals surface area contributed by atoms with E-state index in [1.165, 1.54) is 11.3 Å². The minimum absolute atomic E-state index is 0.0493. The van der Waals surface area contributed by atoms with Gasteiger partial charge in [-0.15, -0.1) is 11.3 Å². The molecule has 1 aliphatic heterocycles. The molecular formula is C23H19N3O4S. The summed E-state index contributed by atoms with van der Waals surface area (Å²) in [6, 6.07) is 16.4. The minimum Gasteiger partial charge on any atom is -0.495 e. The van der Waals surface area contributed by atoms with Crippen LogP contribution in [0.1, 0.15) is 23.4 Å². The van der Waals surface area contributed by atoms with E-state index < -0.39 is 0 Å². The Kier molecular flexibility index (Phi) is 4.91. The first kappa shape index (κ1) is 19.3. The molecule has 7 nitrogen and oxygen atoms in total. The largest absolute Gasteiger partial charge is 0.495 e. The topological polar surface area (TPSA) is 84.7 Å². The van der Waals surface area contributed by atoms with E-state index in [4.69, 9.17) is 9.15 Å². The Hall–Kier alpha value is -3.65. The number of ether oxygens (including phenoxy) is 1. The van der Waals surface area contributed by atoms with Crippen molar-refractivity contribution in [3.05, 3.63) is 60.4 Å². The van der Waals surface area contributed by atoms with Crippen LogP contribution in [0.5, 0.6) is 5.75 Å². The first-order valence-corrected chi connectivity index (χ1v) is 10.7. The molecule has 0 radical (unpaired) electrons. The van der Waals surface area contributed by atoms with Crippen molar-refractivity contribution in [2.45, 2.75) is 12.8 Å². The van der Waals surface area contributed by atoms with Crippen molar-refractivity contribution in [2.75, 3.05) is 23.9 Å². The Bertz CT molecular complexity index is 1260. The van der Waals surface area contributed by atoms with Crippen molar-refractivity contribution < 1.29 is 18.7 Å². The van der Waals surface area contributed by atoms with Crippen molar-refractivity contribution >= 4 is 44.7 Å². The van der Waals surface area contributed by atoms with Crippen LogP contribution in [0.2, 0.25) is 0 Å². The highest BCUT2D eigenvalue weighted by Crippen LogP contribution is 2.35. The standard InChI is InChI=1S/C23H19N3O4S/c1-29-17-9-8-14(13-16(17)26-12-4-7-21(26)27)24-22(28)18-10-11-19(30-18)23-25-15-5-2-3-6-20(15)31-23/h2-3,5-6,8-11,13H,4,7,12H2,1H3,(H,24,28). The number of carbonyl (C=O) groups is 2. The van der Waals surface area contributed by atoms with E-state index >= 15 is 0 Å². The molecule has 0 bridgehead atoms. The zero-order valence-corrected chi connectivity index (χ0v) is 17.6. The number of hydrogen-bond donors (Lipinski definition) is 1. The van der Waals surface area contributed by atoms with Crippen molar-refractivity contribution in [2.24, 2.45) is 0 Å². The van der Waals surface area contributed by atoms with Gasteiger partial charge in [-0.3, -0.25) is 9.59 Å². The highest BCUT2D eigenvalue weighted by Gasteiger charge is 2.25. The molecule has 5 rings (SSSR count). The summed E-state index contributed by atoms with van der Waals surface area (Å²) >= 11 is 1.51. The normalized spacial score (nSPS) is 13.7. The van der Waals surface area contributed by atoms with Gasteiger partial charge in [-0.05, 0) is 48.9 Å². The summed E-state index contributed by atoms with van der Waals surface area (Å²) in [7, 11) is 1.56. The Balaban J connectivity index is 1.37. The van der Waals surface area contributed by atoms with E-state index in [0.717, 1.165) is 21.6 Å². The van der Waals surface area contributed by atoms with E-state index in [9.17, 15) is 9.59 Å². The lowest BCUT2D eigenvalue weighted by Crippen LogP contribution is -2.24. The molecule has 2 aromatic heterocycles. The van der Waals surface area contributed by atoms with Gasteiger partial charge in [0.1, 0.15) is 5.75 Å². The van der Waals surface area contributed by atoms with Crippen molar-refractivity contribution in [1.29, 1.82) is 0 Å². The van der Waals surface area contributed by atoms with Crippen LogP contribution in [0, 0.1) is 0 Å². The molecule has 0 unspecified atom stereocenters. The van der Waals surface area contributed by atoms with Gasteiger partial charge in [-0.25, -0.2) is 4.98 Å². The molecule has 1 N–H and O–H groups in total. The number of carbonyl (C=O) groups excluding carboxylic acids is 2. The second-order valence-corrected chi connectivity index (χ2v) is 8.17. The summed E-state index contributed by atoms with van der Waals surface area (Å²) in [5, 5.41) is 3.56. The van der Waals surface area contributed by atoms with E-state index in [1.807, 2.05) is 24.3 Å². The molecule has 3 heterocycles. The number of methoxy groups -OCH3 is 1. The molecule has 2 amide bonds. The summed E-state index contributed by atoms with van der Waals surface area (Å²) in [5.74, 6) is 0.988. The van der Waals surface area contributed by atoms with Crippen molar-refractivity contribution in [1.82, 2.24) is 4.98 Å². The lowest BCUT2D eigenvalue weighted by molar-refractivity contribution is -0.117. The number of fused-ring (bicyclic) bond motifs is 1. The first-order valence-electron chi connectivity index (χ1n) is 9.88. The second kappa shape index (κ2) is 7.88. The number of benzene rings is 2. The van der Waals surface area contributed by atoms with Gasteiger partial charge in [-0.1, -0.05) is 12.1 Å². The van der Waals surface area contributed by atoms with Crippen LogP contribution in [-0.4, -0.2) is 30.5 Å². The van der Waals surface area contributed by atoms with Gasteiger partial charge in [0.05, 0.1) is 23.0 Å². The van der Waals surface area contributed by atoms with Crippen LogP contribution in [0.15, 0.2) is 59.0 Å². The maximum absolute atomic E-state index is 12.7. The zero-order chi connectivity index (χ0) is 21.4. The van der Waals surface area contributed by atoms with Crippen LogP contribution in [-0.2, 0) is 4.79 Å². The van der Waals surface area contributed by atoms with Gasteiger partial charge in [0.15, 0.2) is 16.5 Å². The Morgan fingerprint density at radius 1 is 1.19 bits per heavy atom. The van der Waals surface area contributed by atoms with E-state index in [0.29, 0.717) is 35.9 Å². The number of hydrogen-bond acceptors (Lipinski definition) is 6. The maximum atomic E-state index is 12.7. The predicted molar refractivity (Wildman–Crippen MR) is 120 cm³/mol. The van der Waals surface area contributed by atoms with Gasteiger partial charge in [-0.2, -0.15) is 0 Å². The average molecular weight is 433 g/mol. The Morgan fingerprint density at radius 2 is 2.06 bits per heavy atom. The van der Waals surface area contributed by atoms with E-state index in [2.05, 4.69) is 10.3 Å². The SMILES string of the molecule is COc1ccc(NC(=O)c2ccc(-c3nc4ccccc4s3)o2)cc1N1CCCC1=O.